The van der Waals surface area contributed by atoms with Crippen LogP contribution in [0.1, 0.15) is 39.6 Å². The van der Waals surface area contributed by atoms with Crippen LogP contribution in [0.5, 0.6) is 11.5 Å². The molecule has 0 saturated carbocycles. The highest BCUT2D eigenvalue weighted by Gasteiger charge is 2.23. The molecule has 0 aliphatic rings. The van der Waals surface area contributed by atoms with Gasteiger partial charge in [-0.1, -0.05) is 30.3 Å². The molecule has 0 fully saturated rings. The number of hydrogen-bond donors (Lipinski definition) is 1. The first-order valence-electron chi connectivity index (χ1n) is 9.28. The Morgan fingerprint density at radius 3 is 2.52 bits per heavy atom. The summed E-state index contributed by atoms with van der Waals surface area (Å²) in [6, 6.07) is 16.2. The van der Waals surface area contributed by atoms with Crippen molar-refractivity contribution in [2.75, 3.05) is 14.2 Å². The Morgan fingerprint density at radius 1 is 1.14 bits per heavy atom. The zero-order valence-corrected chi connectivity index (χ0v) is 17.5. The second-order valence-corrected chi connectivity index (χ2v) is 7.68. The molecule has 1 N–H and O–H groups in total. The Hall–Kier alpha value is -2.90. The maximum absolute atomic E-state index is 11.1. The number of nitrogens with one attached hydrogen (secondary N) is 1. The molecule has 2 atom stereocenters. The van der Waals surface area contributed by atoms with Crippen molar-refractivity contribution >= 4 is 17.3 Å². The van der Waals surface area contributed by atoms with Gasteiger partial charge in [-0.3, -0.25) is 0 Å². The number of ether oxygens (including phenoxy) is 2. The van der Waals surface area contributed by atoms with Crippen molar-refractivity contribution in [3.05, 3.63) is 75.7 Å². The summed E-state index contributed by atoms with van der Waals surface area (Å²) in [7, 11) is 3.27. The molecule has 3 rings (SSSR count). The van der Waals surface area contributed by atoms with Crippen molar-refractivity contribution in [3.8, 4) is 11.5 Å². The van der Waals surface area contributed by atoms with Gasteiger partial charge in [0.25, 0.3) is 0 Å². The lowest BCUT2D eigenvalue weighted by molar-refractivity contribution is -0.956. The van der Waals surface area contributed by atoms with Crippen LogP contribution in [0.2, 0.25) is 0 Å². The number of nitrogens with zero attached hydrogens (tertiary/aromatic N) is 1. The van der Waals surface area contributed by atoms with Crippen LogP contribution in [0, 0.1) is 0 Å². The number of rotatable bonds is 9. The Morgan fingerprint density at radius 2 is 1.90 bits per heavy atom. The molecule has 0 saturated heterocycles. The highest BCUT2D eigenvalue weighted by molar-refractivity contribution is 7.09. The van der Waals surface area contributed by atoms with Crippen LogP contribution in [0.15, 0.2) is 53.9 Å². The van der Waals surface area contributed by atoms with E-state index in [1.54, 1.807) is 14.2 Å². The van der Waals surface area contributed by atoms with Crippen molar-refractivity contribution < 1.29 is 24.3 Å². The fourth-order valence-corrected chi connectivity index (χ4v) is 4.09. The number of carbonyl (C=O) groups excluding carboxylic acids is 1. The highest BCUT2D eigenvalue weighted by Crippen LogP contribution is 2.24. The molecule has 0 amide bonds. The van der Waals surface area contributed by atoms with Gasteiger partial charge in [-0.25, -0.2) is 4.98 Å². The van der Waals surface area contributed by atoms with E-state index in [-0.39, 0.29) is 11.7 Å². The number of hydrogen-bond acceptors (Lipinski definition) is 6. The average Bonchev–Trinajstić information content (AvgIpc) is 3.22. The standard InChI is InChI=1S/C22H24N2O4S/c1-15(16-7-5-4-6-8-16)24(13-21-23-19(14-29-21)22(25)26)12-17-9-10-18(27-2)11-20(17)28-3/h4-11,14-15H,12-13H2,1-3H3,(H,25,26)/t15-/m0/s1. The molecule has 2 aromatic carbocycles. The van der Waals surface area contributed by atoms with Gasteiger partial charge in [-0.15, -0.1) is 11.3 Å². The summed E-state index contributed by atoms with van der Waals surface area (Å²) in [6.07, 6.45) is 0. The van der Waals surface area contributed by atoms with Crippen molar-refractivity contribution in [1.29, 1.82) is 0 Å². The maximum atomic E-state index is 11.1. The number of methoxy groups -OCH3 is 2. The Labute approximate surface area is 174 Å². The summed E-state index contributed by atoms with van der Waals surface area (Å²) in [5.41, 5.74) is 2.23. The number of benzene rings is 2. The zero-order chi connectivity index (χ0) is 20.8. The van der Waals surface area contributed by atoms with Gasteiger partial charge in [0.15, 0.2) is 0 Å². The molecule has 7 heteroatoms. The minimum absolute atomic E-state index is 0.0151. The van der Waals surface area contributed by atoms with Gasteiger partial charge in [0.05, 0.1) is 25.9 Å². The second-order valence-electron chi connectivity index (χ2n) is 6.74. The molecule has 3 aromatic rings. The van der Waals surface area contributed by atoms with E-state index in [0.717, 1.165) is 22.1 Å². The summed E-state index contributed by atoms with van der Waals surface area (Å²) in [5.74, 6) is 0.250. The summed E-state index contributed by atoms with van der Waals surface area (Å²) in [4.78, 5) is 16.5. The van der Waals surface area contributed by atoms with Crippen LogP contribution < -0.4 is 19.5 Å². The van der Waals surface area contributed by atoms with Crippen LogP contribution in [0.4, 0.5) is 0 Å². The fourth-order valence-electron chi connectivity index (χ4n) is 3.27. The third-order valence-corrected chi connectivity index (χ3v) is 5.81. The number of carbonyl (C=O) groups is 1. The van der Waals surface area contributed by atoms with E-state index >= 15 is 0 Å². The lowest BCUT2D eigenvalue weighted by Gasteiger charge is -2.26. The van der Waals surface area contributed by atoms with Crippen LogP contribution >= 0.6 is 11.3 Å². The lowest BCUT2D eigenvalue weighted by Crippen LogP contribution is -3.09. The molecule has 0 spiro atoms. The first-order chi connectivity index (χ1) is 14.0. The van der Waals surface area contributed by atoms with Crippen LogP contribution in [-0.4, -0.2) is 25.2 Å². The average molecular weight is 413 g/mol. The number of aromatic nitrogens is 1. The molecule has 0 aliphatic heterocycles. The number of carboxylic acid groups (broad SMARTS) is 1. The number of quaternary nitrogens is 1. The van der Waals surface area contributed by atoms with Crippen molar-refractivity contribution in [2.45, 2.75) is 26.1 Å². The van der Waals surface area contributed by atoms with E-state index in [9.17, 15) is 9.90 Å². The van der Waals surface area contributed by atoms with Gasteiger partial charge < -0.3 is 24.3 Å². The van der Waals surface area contributed by atoms with Crippen molar-refractivity contribution in [3.63, 3.8) is 0 Å². The highest BCUT2D eigenvalue weighted by atomic mass is 32.1. The van der Waals surface area contributed by atoms with Gasteiger partial charge in [0, 0.05) is 22.6 Å². The maximum Gasteiger partial charge on any atom is 0.148 e. The monoisotopic (exact) mass is 412 g/mol. The summed E-state index contributed by atoms with van der Waals surface area (Å²) in [6.45, 7) is 3.43. The van der Waals surface area contributed by atoms with Crippen LogP contribution in [-0.2, 0) is 13.1 Å². The van der Waals surface area contributed by atoms with E-state index in [4.69, 9.17) is 9.47 Å². The van der Waals surface area contributed by atoms with Crippen molar-refractivity contribution in [2.24, 2.45) is 0 Å². The van der Waals surface area contributed by atoms with Gasteiger partial charge >= 0.3 is 0 Å². The topological polar surface area (TPSA) is 75.9 Å². The smallest absolute Gasteiger partial charge is 0.148 e. The van der Waals surface area contributed by atoms with Gasteiger partial charge in [0.1, 0.15) is 35.6 Å². The Kier molecular flexibility index (Phi) is 6.85. The van der Waals surface area contributed by atoms with Crippen LogP contribution in [0.25, 0.3) is 0 Å². The molecule has 152 valence electrons. The molecular formula is C22H24N2O4S. The normalized spacial score (nSPS) is 12.9. The van der Waals surface area contributed by atoms with Gasteiger partial charge in [-0.05, 0) is 19.1 Å². The van der Waals surface area contributed by atoms with E-state index < -0.39 is 5.97 Å². The first kappa shape index (κ1) is 20.8. The largest absolute Gasteiger partial charge is 0.543 e. The van der Waals surface area contributed by atoms with E-state index in [0.29, 0.717) is 13.1 Å². The summed E-state index contributed by atoms with van der Waals surface area (Å²) in [5, 5.41) is 13.4. The first-order valence-corrected chi connectivity index (χ1v) is 10.2. The molecule has 29 heavy (non-hydrogen) atoms. The predicted octanol–water partition coefficient (Wildman–Crippen LogP) is 1.87. The zero-order valence-electron chi connectivity index (χ0n) is 16.7. The van der Waals surface area contributed by atoms with E-state index in [1.807, 2.05) is 36.4 Å². The number of aromatic carboxylic acids is 1. The molecule has 0 bridgehead atoms. The molecular weight excluding hydrogens is 388 g/mol. The minimum Gasteiger partial charge on any atom is -0.543 e. The van der Waals surface area contributed by atoms with E-state index in [1.165, 1.54) is 27.2 Å². The Balaban J connectivity index is 1.90. The molecule has 1 aromatic heterocycles. The third-order valence-electron chi connectivity index (χ3n) is 4.96. The molecule has 0 radical (unpaired) electrons. The summed E-state index contributed by atoms with van der Waals surface area (Å²) < 4.78 is 10.9. The Bertz CT molecular complexity index is 958. The quantitative estimate of drug-likeness (QED) is 0.581. The molecule has 6 nitrogen and oxygen atoms in total. The molecule has 1 unspecified atom stereocenters. The SMILES string of the molecule is COc1ccc(C[NH+](Cc2nc(C(=O)[O-])cs2)[C@@H](C)c2ccccc2)c(OC)c1. The van der Waals surface area contributed by atoms with E-state index in [2.05, 4.69) is 24.0 Å². The number of thiazole rings is 1. The number of carboxylic acids is 1. The second kappa shape index (κ2) is 9.54. The van der Waals surface area contributed by atoms with Crippen LogP contribution in [0.3, 0.4) is 0 Å². The molecule has 0 aliphatic carbocycles. The minimum atomic E-state index is -1.25. The summed E-state index contributed by atoms with van der Waals surface area (Å²) >= 11 is 1.34. The third kappa shape index (κ3) is 5.13. The fraction of sp³-hybridized carbons (Fsp3) is 0.273. The van der Waals surface area contributed by atoms with Crippen molar-refractivity contribution in [1.82, 2.24) is 4.98 Å². The lowest BCUT2D eigenvalue weighted by atomic mass is 10.1. The van der Waals surface area contributed by atoms with Gasteiger partial charge in [-0.2, -0.15) is 0 Å². The molecule has 1 heterocycles. The van der Waals surface area contributed by atoms with Gasteiger partial charge in [0.2, 0.25) is 0 Å². The predicted molar refractivity (Wildman–Crippen MR) is 109 cm³/mol.